The minimum atomic E-state index is -0.570. The van der Waals surface area contributed by atoms with E-state index in [0.717, 1.165) is 22.6 Å². The average molecular weight is 246 g/mol. The third-order valence-electron chi connectivity index (χ3n) is 3.61. The van der Waals surface area contributed by atoms with Crippen LogP contribution in [-0.2, 0) is 0 Å². The lowest BCUT2D eigenvalue weighted by Crippen LogP contribution is -2.40. The summed E-state index contributed by atoms with van der Waals surface area (Å²) >= 11 is 0. The van der Waals surface area contributed by atoms with E-state index in [2.05, 4.69) is 19.1 Å². The van der Waals surface area contributed by atoms with Gasteiger partial charge in [0.15, 0.2) is 0 Å². The lowest BCUT2D eigenvalue weighted by molar-refractivity contribution is 0.408. The molecular weight excluding hydrogens is 224 g/mol. The first-order valence-electron chi connectivity index (χ1n) is 6.06. The zero-order valence-electron chi connectivity index (χ0n) is 12.4. The Hall–Kier alpha value is -1.69. The number of ether oxygens (including phenoxy) is 1. The van der Waals surface area contributed by atoms with Crippen molar-refractivity contribution in [1.82, 2.24) is 0 Å². The molecule has 0 aliphatic heterocycles. The van der Waals surface area contributed by atoms with Crippen LogP contribution >= 0.6 is 0 Å². The van der Waals surface area contributed by atoms with Gasteiger partial charge < -0.3 is 9.64 Å². The van der Waals surface area contributed by atoms with Crippen molar-refractivity contribution in [3.63, 3.8) is 0 Å². The molecule has 0 amide bonds. The molecule has 0 aromatic heterocycles. The highest BCUT2D eigenvalue weighted by Gasteiger charge is 2.27. The third-order valence-corrected chi connectivity index (χ3v) is 3.61. The normalized spacial score (nSPS) is 11.0. The SMILES string of the molecule is COc1c(C)c(C)cc(C)c1N(C)C(C)(C)C#N. The first-order chi connectivity index (χ1) is 8.26. The average Bonchev–Trinajstić information content (AvgIpc) is 2.32. The first-order valence-corrected chi connectivity index (χ1v) is 6.06. The molecule has 1 aromatic carbocycles. The summed E-state index contributed by atoms with van der Waals surface area (Å²) in [6.07, 6.45) is 0. The molecule has 0 unspecified atom stereocenters. The zero-order chi connectivity index (χ0) is 14.1. The summed E-state index contributed by atoms with van der Waals surface area (Å²) in [5.74, 6) is 0.860. The first kappa shape index (κ1) is 14.4. The maximum Gasteiger partial charge on any atom is 0.145 e. The van der Waals surface area contributed by atoms with E-state index in [4.69, 9.17) is 4.74 Å². The predicted octanol–water partition coefficient (Wildman–Crippen LogP) is 3.36. The van der Waals surface area contributed by atoms with Crippen LogP contribution in [0.5, 0.6) is 5.75 Å². The van der Waals surface area contributed by atoms with Gasteiger partial charge >= 0.3 is 0 Å². The molecule has 0 fully saturated rings. The maximum atomic E-state index is 9.27. The van der Waals surface area contributed by atoms with Gasteiger partial charge in [-0.25, -0.2) is 0 Å². The van der Waals surface area contributed by atoms with Crippen molar-refractivity contribution >= 4 is 5.69 Å². The van der Waals surface area contributed by atoms with Crippen LogP contribution in [0.15, 0.2) is 6.07 Å². The van der Waals surface area contributed by atoms with Crippen molar-refractivity contribution in [2.24, 2.45) is 0 Å². The van der Waals surface area contributed by atoms with Crippen molar-refractivity contribution in [1.29, 1.82) is 5.26 Å². The largest absolute Gasteiger partial charge is 0.494 e. The minimum Gasteiger partial charge on any atom is -0.494 e. The van der Waals surface area contributed by atoms with Crippen molar-refractivity contribution in [3.05, 3.63) is 22.8 Å². The standard InChI is InChI=1S/C15H22N2O/c1-10-8-11(2)13(14(18-7)12(10)3)17(6)15(4,5)9-16/h8H,1-7H3. The zero-order valence-corrected chi connectivity index (χ0v) is 12.4. The van der Waals surface area contributed by atoms with E-state index in [1.54, 1.807) is 7.11 Å². The second kappa shape index (κ2) is 4.89. The third kappa shape index (κ3) is 2.28. The van der Waals surface area contributed by atoms with Crippen molar-refractivity contribution in [2.75, 3.05) is 19.1 Å². The molecule has 18 heavy (non-hydrogen) atoms. The molecule has 1 aromatic rings. The number of nitrogens with zero attached hydrogens (tertiary/aromatic N) is 2. The van der Waals surface area contributed by atoms with Gasteiger partial charge in [0.05, 0.1) is 18.9 Å². The van der Waals surface area contributed by atoms with Gasteiger partial charge in [-0.1, -0.05) is 6.07 Å². The van der Waals surface area contributed by atoms with E-state index in [1.807, 2.05) is 39.6 Å². The van der Waals surface area contributed by atoms with Gasteiger partial charge in [0, 0.05) is 7.05 Å². The molecule has 98 valence electrons. The Labute approximate surface area is 110 Å². The molecule has 0 saturated carbocycles. The second-order valence-electron chi connectivity index (χ2n) is 5.25. The van der Waals surface area contributed by atoms with Crippen LogP contribution in [-0.4, -0.2) is 19.7 Å². The Morgan fingerprint density at radius 2 is 1.78 bits per heavy atom. The number of hydrogen-bond donors (Lipinski definition) is 0. The van der Waals surface area contributed by atoms with E-state index in [1.165, 1.54) is 5.56 Å². The maximum absolute atomic E-state index is 9.27. The second-order valence-corrected chi connectivity index (χ2v) is 5.25. The molecule has 0 saturated heterocycles. The molecular formula is C15H22N2O. The van der Waals surface area contributed by atoms with E-state index in [0.29, 0.717) is 0 Å². The van der Waals surface area contributed by atoms with Crippen LogP contribution in [0.4, 0.5) is 5.69 Å². The summed E-state index contributed by atoms with van der Waals surface area (Å²) in [6.45, 7) is 9.98. The lowest BCUT2D eigenvalue weighted by atomic mass is 9.98. The molecule has 0 radical (unpaired) electrons. The lowest BCUT2D eigenvalue weighted by Gasteiger charge is -2.34. The molecule has 0 bridgehead atoms. The van der Waals surface area contributed by atoms with Gasteiger partial charge in [-0.15, -0.1) is 0 Å². The summed E-state index contributed by atoms with van der Waals surface area (Å²) < 4.78 is 5.55. The van der Waals surface area contributed by atoms with Crippen LogP contribution in [0.25, 0.3) is 0 Å². The summed E-state index contributed by atoms with van der Waals surface area (Å²) in [4.78, 5) is 1.98. The highest BCUT2D eigenvalue weighted by molar-refractivity contribution is 5.69. The Morgan fingerprint density at radius 1 is 1.22 bits per heavy atom. The molecule has 3 nitrogen and oxygen atoms in total. The Kier molecular flexibility index (Phi) is 3.91. The summed E-state index contributed by atoms with van der Waals surface area (Å²) in [5, 5.41) is 9.27. The summed E-state index contributed by atoms with van der Waals surface area (Å²) in [5.41, 5.74) is 3.88. The van der Waals surface area contributed by atoms with E-state index in [-0.39, 0.29) is 0 Å². The van der Waals surface area contributed by atoms with Crippen LogP contribution in [0.3, 0.4) is 0 Å². The quantitative estimate of drug-likeness (QED) is 0.820. The highest BCUT2D eigenvalue weighted by Crippen LogP contribution is 2.38. The molecule has 0 aliphatic rings. The smallest absolute Gasteiger partial charge is 0.145 e. The highest BCUT2D eigenvalue weighted by atomic mass is 16.5. The van der Waals surface area contributed by atoms with Crippen LogP contribution in [0.2, 0.25) is 0 Å². The fourth-order valence-electron chi connectivity index (χ4n) is 2.06. The fraction of sp³-hybridized carbons (Fsp3) is 0.533. The molecule has 0 heterocycles. The molecule has 0 atom stereocenters. The number of methoxy groups -OCH3 is 1. The van der Waals surface area contributed by atoms with Crippen molar-refractivity contribution < 1.29 is 4.74 Å². The predicted molar refractivity (Wildman–Crippen MR) is 75.3 cm³/mol. The fourth-order valence-corrected chi connectivity index (χ4v) is 2.06. The molecule has 1 rings (SSSR count). The minimum absolute atomic E-state index is 0.570. The van der Waals surface area contributed by atoms with Gasteiger partial charge in [-0.3, -0.25) is 0 Å². The Balaban J connectivity index is 3.51. The van der Waals surface area contributed by atoms with Gasteiger partial charge in [-0.2, -0.15) is 5.26 Å². The van der Waals surface area contributed by atoms with Gasteiger partial charge in [0.25, 0.3) is 0 Å². The van der Waals surface area contributed by atoms with E-state index >= 15 is 0 Å². The topological polar surface area (TPSA) is 36.3 Å². The number of nitriles is 1. The number of anilines is 1. The Morgan fingerprint density at radius 3 is 2.22 bits per heavy atom. The molecule has 0 spiro atoms. The van der Waals surface area contributed by atoms with Crippen LogP contribution < -0.4 is 9.64 Å². The number of aryl methyl sites for hydroxylation is 2. The van der Waals surface area contributed by atoms with Gasteiger partial charge in [0.2, 0.25) is 0 Å². The van der Waals surface area contributed by atoms with Gasteiger partial charge in [-0.05, 0) is 51.3 Å². The van der Waals surface area contributed by atoms with Crippen molar-refractivity contribution in [2.45, 2.75) is 40.2 Å². The van der Waals surface area contributed by atoms with E-state index < -0.39 is 5.54 Å². The summed E-state index contributed by atoms with van der Waals surface area (Å²) in [7, 11) is 3.61. The number of benzene rings is 1. The number of hydrogen-bond acceptors (Lipinski definition) is 3. The summed E-state index contributed by atoms with van der Waals surface area (Å²) in [6, 6.07) is 4.46. The molecule has 0 N–H and O–H groups in total. The van der Waals surface area contributed by atoms with Gasteiger partial charge in [0.1, 0.15) is 11.3 Å². The number of rotatable bonds is 3. The molecule has 0 aliphatic carbocycles. The van der Waals surface area contributed by atoms with Crippen LogP contribution in [0.1, 0.15) is 30.5 Å². The van der Waals surface area contributed by atoms with Crippen LogP contribution in [0, 0.1) is 32.1 Å². The monoisotopic (exact) mass is 246 g/mol. The molecule has 3 heteroatoms. The Bertz CT molecular complexity index is 498. The van der Waals surface area contributed by atoms with E-state index in [9.17, 15) is 5.26 Å². The van der Waals surface area contributed by atoms with Crippen molar-refractivity contribution in [3.8, 4) is 11.8 Å².